The molecule has 0 bridgehead atoms. The van der Waals surface area contributed by atoms with Crippen molar-refractivity contribution in [1.29, 1.82) is 5.26 Å². The van der Waals surface area contributed by atoms with Crippen molar-refractivity contribution in [3.05, 3.63) is 86.5 Å². The van der Waals surface area contributed by atoms with Crippen LogP contribution in [0.4, 0.5) is 17.2 Å². The van der Waals surface area contributed by atoms with Gasteiger partial charge in [0.1, 0.15) is 17.3 Å². The molecular formula is C21H13N9O3. The van der Waals surface area contributed by atoms with Crippen LogP contribution in [-0.4, -0.2) is 29.3 Å². The molecule has 0 atom stereocenters. The third kappa shape index (κ3) is 3.12. The lowest BCUT2D eigenvalue weighted by Gasteiger charge is -2.04. The molecule has 0 aliphatic carbocycles. The summed E-state index contributed by atoms with van der Waals surface area (Å²) in [5.74, 6) is 0.00804. The number of nitrogens with zero attached hydrogens (tertiary/aromatic N) is 8. The molecule has 3 aromatic heterocycles. The van der Waals surface area contributed by atoms with Crippen molar-refractivity contribution in [2.75, 3.05) is 0 Å². The number of hydrogen-bond acceptors (Lipinski definition) is 8. The maximum absolute atomic E-state index is 12.5. The Kier molecular flexibility index (Phi) is 4.49. The van der Waals surface area contributed by atoms with Crippen molar-refractivity contribution < 1.29 is 4.92 Å². The van der Waals surface area contributed by atoms with E-state index in [2.05, 4.69) is 25.4 Å². The molecular weight excluding hydrogens is 426 g/mol. The number of rotatable bonds is 4. The fourth-order valence-electron chi connectivity index (χ4n) is 3.54. The Morgan fingerprint density at radius 3 is 2.70 bits per heavy atom. The van der Waals surface area contributed by atoms with Crippen molar-refractivity contribution in [3.8, 4) is 11.8 Å². The Hall–Kier alpha value is -5.18. The second-order valence-corrected chi connectivity index (χ2v) is 7.02. The van der Waals surface area contributed by atoms with Crippen LogP contribution in [-0.2, 0) is 0 Å². The highest BCUT2D eigenvalue weighted by atomic mass is 16.6. The topological polar surface area (TPSA) is 160 Å². The van der Waals surface area contributed by atoms with E-state index < -0.39 is 4.92 Å². The molecule has 0 saturated heterocycles. The predicted octanol–water partition coefficient (Wildman–Crippen LogP) is 3.87. The van der Waals surface area contributed by atoms with Crippen molar-refractivity contribution in [2.24, 2.45) is 10.2 Å². The van der Waals surface area contributed by atoms with Crippen LogP contribution in [0, 0.1) is 28.4 Å². The number of nitriles is 1. The number of nitrogens with one attached hydrogen (secondary N) is 1. The summed E-state index contributed by atoms with van der Waals surface area (Å²) < 4.78 is 2.74. The molecule has 0 unspecified atom stereocenters. The lowest BCUT2D eigenvalue weighted by Crippen LogP contribution is -2.09. The largest absolute Gasteiger partial charge is 0.304 e. The summed E-state index contributed by atoms with van der Waals surface area (Å²) in [6, 6.07) is 14.9. The number of aromatic nitrogens is 5. The Bertz CT molecular complexity index is 1700. The number of aromatic amines is 1. The van der Waals surface area contributed by atoms with Gasteiger partial charge in [0.2, 0.25) is 0 Å². The molecule has 0 fully saturated rings. The fourth-order valence-corrected chi connectivity index (χ4v) is 3.54. The lowest BCUT2D eigenvalue weighted by molar-refractivity contribution is -0.384. The second kappa shape index (κ2) is 7.50. The van der Waals surface area contributed by atoms with Gasteiger partial charge in [-0.15, -0.1) is 10.2 Å². The van der Waals surface area contributed by atoms with Crippen molar-refractivity contribution in [1.82, 2.24) is 24.4 Å². The van der Waals surface area contributed by atoms with E-state index in [1.807, 2.05) is 6.07 Å². The van der Waals surface area contributed by atoms with Gasteiger partial charge in [-0.05, 0) is 25.1 Å². The number of nitro groups is 1. The zero-order valence-corrected chi connectivity index (χ0v) is 17.0. The minimum atomic E-state index is -0.546. The van der Waals surface area contributed by atoms with E-state index in [0.717, 1.165) is 0 Å². The highest BCUT2D eigenvalue weighted by molar-refractivity contribution is 5.83. The first kappa shape index (κ1) is 19.8. The summed E-state index contributed by atoms with van der Waals surface area (Å²) in [4.78, 5) is 26.2. The molecule has 160 valence electrons. The molecule has 12 nitrogen and oxygen atoms in total. The molecule has 33 heavy (non-hydrogen) atoms. The van der Waals surface area contributed by atoms with Gasteiger partial charge < -0.3 is 4.98 Å². The number of aryl methyl sites for hydroxylation is 1. The molecule has 5 rings (SSSR count). The predicted molar refractivity (Wildman–Crippen MR) is 117 cm³/mol. The molecule has 0 spiro atoms. The van der Waals surface area contributed by atoms with Crippen LogP contribution >= 0.6 is 0 Å². The molecule has 0 aliphatic rings. The normalized spacial score (nSPS) is 11.4. The van der Waals surface area contributed by atoms with Crippen molar-refractivity contribution in [3.63, 3.8) is 0 Å². The van der Waals surface area contributed by atoms with Gasteiger partial charge >= 0.3 is 0 Å². The summed E-state index contributed by atoms with van der Waals surface area (Å²) in [5.41, 5.74) is 1.40. The van der Waals surface area contributed by atoms with E-state index in [9.17, 15) is 20.2 Å². The van der Waals surface area contributed by atoms with Crippen molar-refractivity contribution >= 4 is 33.7 Å². The van der Waals surface area contributed by atoms with Crippen LogP contribution < -0.4 is 5.56 Å². The van der Waals surface area contributed by atoms with E-state index in [4.69, 9.17) is 0 Å². The van der Waals surface area contributed by atoms with Crippen LogP contribution in [0.15, 0.2) is 69.8 Å². The van der Waals surface area contributed by atoms with Gasteiger partial charge in [0.25, 0.3) is 11.2 Å². The minimum Gasteiger partial charge on any atom is -0.304 e. The maximum atomic E-state index is 12.5. The standard InChI is InChI=1S/C21H13N9O3/c1-12-18(20-24-21(31)14-6-2-3-7-15(14)29(20)27-12)25-26-19-13(10-22)11-23-28(19)16-8-4-5-9-17(16)30(32)33/h2-9,11H,1H3,(H,24,31)/b26-25+. The SMILES string of the molecule is Cc1nn2c([nH]c(=O)c3ccccc32)c1/N=N/c1c(C#N)cnn1-c1ccccc1[N+](=O)[O-]. The van der Waals surface area contributed by atoms with Gasteiger partial charge in [0, 0.05) is 6.07 Å². The minimum absolute atomic E-state index is 0.00804. The fraction of sp³-hybridized carbons (Fsp3) is 0.0476. The smallest absolute Gasteiger partial charge is 0.294 e. The lowest BCUT2D eigenvalue weighted by atomic mass is 10.2. The summed E-state index contributed by atoms with van der Waals surface area (Å²) in [7, 11) is 0. The summed E-state index contributed by atoms with van der Waals surface area (Å²) >= 11 is 0. The molecule has 0 amide bonds. The van der Waals surface area contributed by atoms with Gasteiger partial charge in [-0.3, -0.25) is 14.9 Å². The number of fused-ring (bicyclic) bond motifs is 3. The zero-order valence-electron chi connectivity index (χ0n) is 17.0. The van der Waals surface area contributed by atoms with E-state index in [-0.39, 0.29) is 34.0 Å². The molecule has 12 heteroatoms. The number of benzene rings is 2. The van der Waals surface area contributed by atoms with Crippen LogP contribution in [0.3, 0.4) is 0 Å². The van der Waals surface area contributed by atoms with Gasteiger partial charge in [-0.1, -0.05) is 24.3 Å². The van der Waals surface area contributed by atoms with Crippen LogP contribution in [0.1, 0.15) is 11.3 Å². The first-order valence-electron chi connectivity index (χ1n) is 9.63. The maximum Gasteiger partial charge on any atom is 0.294 e. The molecule has 0 radical (unpaired) electrons. The molecule has 1 N–H and O–H groups in total. The highest BCUT2D eigenvalue weighted by Crippen LogP contribution is 2.31. The number of H-pyrrole nitrogens is 1. The number of hydrogen-bond donors (Lipinski definition) is 1. The Balaban J connectivity index is 1.70. The van der Waals surface area contributed by atoms with Gasteiger partial charge in [-0.2, -0.15) is 15.5 Å². The van der Waals surface area contributed by atoms with Gasteiger partial charge in [0.05, 0.1) is 27.7 Å². The second-order valence-electron chi connectivity index (χ2n) is 7.02. The van der Waals surface area contributed by atoms with Gasteiger partial charge in [0.15, 0.2) is 17.2 Å². The average Bonchev–Trinajstić information content (AvgIpc) is 3.38. The van der Waals surface area contributed by atoms with Crippen LogP contribution in [0.5, 0.6) is 0 Å². The first-order chi connectivity index (χ1) is 16.0. The van der Waals surface area contributed by atoms with E-state index >= 15 is 0 Å². The number of nitro benzene ring substituents is 1. The van der Waals surface area contributed by atoms with E-state index in [1.165, 1.54) is 29.1 Å². The summed E-state index contributed by atoms with van der Waals surface area (Å²) in [6.07, 6.45) is 1.25. The Morgan fingerprint density at radius 1 is 1.15 bits per heavy atom. The summed E-state index contributed by atoms with van der Waals surface area (Å²) in [6.45, 7) is 1.71. The number of para-hydroxylation sites is 3. The molecule has 0 saturated carbocycles. The Morgan fingerprint density at radius 2 is 1.91 bits per heavy atom. The molecule has 2 aromatic carbocycles. The van der Waals surface area contributed by atoms with E-state index in [1.54, 1.807) is 41.8 Å². The van der Waals surface area contributed by atoms with Gasteiger partial charge in [-0.25, -0.2) is 9.20 Å². The molecule has 5 aromatic rings. The summed E-state index contributed by atoms with van der Waals surface area (Å²) in [5, 5.41) is 38.4. The Labute approximate surface area is 184 Å². The third-order valence-electron chi connectivity index (χ3n) is 5.05. The van der Waals surface area contributed by atoms with Crippen molar-refractivity contribution in [2.45, 2.75) is 6.92 Å². The van der Waals surface area contributed by atoms with Crippen LogP contribution in [0.25, 0.3) is 22.2 Å². The average molecular weight is 439 g/mol. The highest BCUT2D eigenvalue weighted by Gasteiger charge is 2.21. The van der Waals surface area contributed by atoms with Crippen LogP contribution in [0.2, 0.25) is 0 Å². The first-order valence-corrected chi connectivity index (χ1v) is 9.63. The molecule has 3 heterocycles. The van der Waals surface area contributed by atoms with E-state index in [0.29, 0.717) is 22.2 Å². The zero-order chi connectivity index (χ0) is 23.1. The monoisotopic (exact) mass is 439 g/mol. The molecule has 0 aliphatic heterocycles. The third-order valence-corrected chi connectivity index (χ3v) is 5.05. The quantitative estimate of drug-likeness (QED) is 0.254. The number of azo groups is 1.